The molecular weight excluding hydrogens is 160 g/mol. The van der Waals surface area contributed by atoms with Gasteiger partial charge < -0.3 is 0 Å². The molecule has 0 radical (unpaired) electrons. The maximum atomic E-state index is 12.8. The molecular formula is C9H5F2N. The van der Waals surface area contributed by atoms with Crippen LogP contribution in [0.2, 0.25) is 0 Å². The second-order valence-electron chi connectivity index (χ2n) is 2.13. The molecule has 0 amide bonds. The summed E-state index contributed by atoms with van der Waals surface area (Å²) in [6, 6.07) is 6.93. The number of nitriles is 1. The fourth-order valence-corrected chi connectivity index (χ4v) is 0.761. The first-order chi connectivity index (χ1) is 5.74. The molecule has 1 rings (SSSR count). The summed E-state index contributed by atoms with van der Waals surface area (Å²) >= 11 is 0. The first kappa shape index (κ1) is 8.41. The number of hydrogen-bond acceptors (Lipinski definition) is 1. The third-order valence-electron chi connectivity index (χ3n) is 1.29. The topological polar surface area (TPSA) is 23.8 Å². The Morgan fingerprint density at radius 1 is 1.42 bits per heavy atom. The number of rotatable bonds is 1. The van der Waals surface area contributed by atoms with Crippen molar-refractivity contribution in [2.24, 2.45) is 0 Å². The van der Waals surface area contributed by atoms with Crippen molar-refractivity contribution >= 4 is 6.08 Å². The Balaban J connectivity index is 3.06. The molecule has 0 aliphatic carbocycles. The minimum absolute atomic E-state index is 0.0801. The summed E-state index contributed by atoms with van der Waals surface area (Å²) in [5.41, 5.74) is 0.0801. The van der Waals surface area contributed by atoms with Crippen molar-refractivity contribution < 1.29 is 8.78 Å². The van der Waals surface area contributed by atoms with Crippen LogP contribution in [0, 0.1) is 17.1 Å². The van der Waals surface area contributed by atoms with Crippen LogP contribution in [0.15, 0.2) is 30.1 Å². The SMILES string of the molecule is N#C/C(F)=C/c1ccccc1F. The van der Waals surface area contributed by atoms with E-state index in [0.717, 1.165) is 6.08 Å². The highest BCUT2D eigenvalue weighted by Gasteiger charge is 1.98. The van der Waals surface area contributed by atoms with E-state index in [4.69, 9.17) is 5.26 Å². The Kier molecular flexibility index (Phi) is 2.54. The van der Waals surface area contributed by atoms with Crippen molar-refractivity contribution in [1.29, 1.82) is 5.26 Å². The van der Waals surface area contributed by atoms with Crippen LogP contribution in [0.5, 0.6) is 0 Å². The minimum Gasteiger partial charge on any atom is -0.206 e. The van der Waals surface area contributed by atoms with Gasteiger partial charge in [-0.3, -0.25) is 0 Å². The van der Waals surface area contributed by atoms with Crippen molar-refractivity contribution in [3.8, 4) is 6.07 Å². The van der Waals surface area contributed by atoms with Crippen molar-refractivity contribution in [3.63, 3.8) is 0 Å². The van der Waals surface area contributed by atoms with Crippen molar-refractivity contribution in [2.75, 3.05) is 0 Å². The molecule has 0 bridgehead atoms. The fourth-order valence-electron chi connectivity index (χ4n) is 0.761. The van der Waals surface area contributed by atoms with E-state index in [1.165, 1.54) is 24.3 Å². The third-order valence-corrected chi connectivity index (χ3v) is 1.29. The number of hydrogen-bond donors (Lipinski definition) is 0. The molecule has 1 aromatic carbocycles. The van der Waals surface area contributed by atoms with Crippen LogP contribution in [0.25, 0.3) is 6.08 Å². The van der Waals surface area contributed by atoms with Gasteiger partial charge in [-0.1, -0.05) is 18.2 Å². The van der Waals surface area contributed by atoms with E-state index in [9.17, 15) is 8.78 Å². The third kappa shape index (κ3) is 1.89. The summed E-state index contributed by atoms with van der Waals surface area (Å²) < 4.78 is 25.1. The molecule has 0 unspecified atom stereocenters. The molecule has 0 N–H and O–H groups in total. The second kappa shape index (κ2) is 3.63. The van der Waals surface area contributed by atoms with Crippen LogP contribution in [0.3, 0.4) is 0 Å². The van der Waals surface area contributed by atoms with Gasteiger partial charge in [-0.2, -0.15) is 9.65 Å². The van der Waals surface area contributed by atoms with Gasteiger partial charge in [0.1, 0.15) is 11.9 Å². The number of nitrogens with zero attached hydrogens (tertiary/aromatic N) is 1. The van der Waals surface area contributed by atoms with E-state index in [-0.39, 0.29) is 5.56 Å². The molecule has 0 aliphatic rings. The average molecular weight is 165 g/mol. The average Bonchev–Trinajstić information content (AvgIpc) is 2.09. The van der Waals surface area contributed by atoms with Gasteiger partial charge in [0.15, 0.2) is 0 Å². The maximum absolute atomic E-state index is 12.8. The molecule has 60 valence electrons. The molecule has 0 aliphatic heterocycles. The predicted octanol–water partition coefficient (Wildman–Crippen LogP) is 2.66. The number of benzene rings is 1. The van der Waals surface area contributed by atoms with Crippen LogP contribution in [-0.4, -0.2) is 0 Å². The lowest BCUT2D eigenvalue weighted by Gasteiger charge is -1.93. The molecule has 12 heavy (non-hydrogen) atoms. The zero-order valence-electron chi connectivity index (χ0n) is 6.09. The van der Waals surface area contributed by atoms with Crippen molar-refractivity contribution in [3.05, 3.63) is 41.5 Å². The maximum Gasteiger partial charge on any atom is 0.200 e. The summed E-state index contributed by atoms with van der Waals surface area (Å²) in [5.74, 6) is -1.54. The lowest BCUT2D eigenvalue weighted by atomic mass is 10.2. The Morgan fingerprint density at radius 3 is 2.67 bits per heavy atom. The molecule has 1 nitrogen and oxygen atoms in total. The van der Waals surface area contributed by atoms with Gasteiger partial charge in [-0.25, -0.2) is 4.39 Å². The lowest BCUT2D eigenvalue weighted by Crippen LogP contribution is -1.80. The zero-order chi connectivity index (χ0) is 8.97. The molecule has 0 aromatic heterocycles. The Morgan fingerprint density at radius 2 is 2.08 bits per heavy atom. The normalized spacial score (nSPS) is 10.9. The van der Waals surface area contributed by atoms with Gasteiger partial charge in [0.05, 0.1) is 0 Å². The largest absolute Gasteiger partial charge is 0.206 e. The molecule has 0 saturated heterocycles. The fraction of sp³-hybridized carbons (Fsp3) is 0. The molecule has 0 saturated carbocycles. The van der Waals surface area contributed by atoms with Gasteiger partial charge >= 0.3 is 0 Å². The van der Waals surface area contributed by atoms with Gasteiger partial charge in [-0.05, 0) is 12.1 Å². The van der Waals surface area contributed by atoms with E-state index in [0.29, 0.717) is 0 Å². The summed E-state index contributed by atoms with van der Waals surface area (Å²) in [7, 11) is 0. The molecule has 0 spiro atoms. The minimum atomic E-state index is -1.000. The number of allylic oxidation sites excluding steroid dienone is 1. The summed E-state index contributed by atoms with van der Waals surface area (Å²) in [5, 5.41) is 8.07. The predicted molar refractivity (Wildman–Crippen MR) is 41.1 cm³/mol. The first-order valence-corrected chi connectivity index (χ1v) is 3.26. The van der Waals surface area contributed by atoms with Gasteiger partial charge in [-0.15, -0.1) is 0 Å². The number of halogens is 2. The van der Waals surface area contributed by atoms with E-state index in [2.05, 4.69) is 0 Å². The molecule has 1 aromatic rings. The van der Waals surface area contributed by atoms with E-state index in [1.807, 2.05) is 0 Å². The molecule has 3 heteroatoms. The molecule has 0 fully saturated rings. The highest BCUT2D eigenvalue weighted by molar-refractivity contribution is 5.54. The quantitative estimate of drug-likeness (QED) is 0.587. The van der Waals surface area contributed by atoms with Crippen LogP contribution in [0.1, 0.15) is 5.56 Å². The van der Waals surface area contributed by atoms with Crippen molar-refractivity contribution in [2.45, 2.75) is 0 Å². The standard InChI is InChI=1S/C9H5F2N/c10-8(6-12)5-7-3-1-2-4-9(7)11/h1-5H/b8-5-. The molecule has 0 heterocycles. The monoisotopic (exact) mass is 165 g/mol. The molecule has 0 atom stereocenters. The van der Waals surface area contributed by atoms with Gasteiger partial charge in [0.2, 0.25) is 5.83 Å². The Labute approximate surface area is 68.6 Å². The van der Waals surface area contributed by atoms with E-state index >= 15 is 0 Å². The van der Waals surface area contributed by atoms with Crippen LogP contribution >= 0.6 is 0 Å². The Bertz CT molecular complexity index is 350. The van der Waals surface area contributed by atoms with Gasteiger partial charge in [0.25, 0.3) is 0 Å². The van der Waals surface area contributed by atoms with E-state index < -0.39 is 11.6 Å². The summed E-state index contributed by atoms with van der Waals surface area (Å²) in [4.78, 5) is 0. The van der Waals surface area contributed by atoms with Gasteiger partial charge in [0, 0.05) is 5.56 Å². The summed E-state index contributed by atoms with van der Waals surface area (Å²) in [6.45, 7) is 0. The highest BCUT2D eigenvalue weighted by atomic mass is 19.1. The van der Waals surface area contributed by atoms with Crippen LogP contribution in [-0.2, 0) is 0 Å². The Hall–Kier alpha value is -1.69. The second-order valence-corrected chi connectivity index (χ2v) is 2.13. The zero-order valence-corrected chi connectivity index (χ0v) is 6.09. The van der Waals surface area contributed by atoms with E-state index in [1.54, 1.807) is 6.07 Å². The smallest absolute Gasteiger partial charge is 0.200 e. The summed E-state index contributed by atoms with van der Waals surface area (Å²) in [6.07, 6.45) is 0.856. The lowest BCUT2D eigenvalue weighted by molar-refractivity contribution is 0.623. The van der Waals surface area contributed by atoms with Crippen molar-refractivity contribution in [1.82, 2.24) is 0 Å². The highest BCUT2D eigenvalue weighted by Crippen LogP contribution is 2.11. The van der Waals surface area contributed by atoms with Crippen LogP contribution < -0.4 is 0 Å². The van der Waals surface area contributed by atoms with Crippen LogP contribution in [0.4, 0.5) is 8.78 Å². The first-order valence-electron chi connectivity index (χ1n) is 3.26.